The second kappa shape index (κ2) is 4.14. The molecular weight excluding hydrogens is 228 g/mol. The van der Waals surface area contributed by atoms with Gasteiger partial charge in [0.25, 0.3) is 0 Å². The zero-order valence-electron chi connectivity index (χ0n) is 8.98. The first-order valence-corrected chi connectivity index (χ1v) is 5.21. The lowest BCUT2D eigenvalue weighted by Crippen LogP contribution is -2.11. The third-order valence-corrected chi connectivity index (χ3v) is 2.73. The molecule has 1 atom stereocenters. The lowest BCUT2D eigenvalue weighted by atomic mass is 10.1. The van der Waals surface area contributed by atoms with Crippen molar-refractivity contribution < 1.29 is 9.53 Å². The summed E-state index contributed by atoms with van der Waals surface area (Å²) >= 11 is 5.91. The van der Waals surface area contributed by atoms with Gasteiger partial charge in [-0.15, -0.1) is 0 Å². The molecule has 84 valence electrons. The number of nitrogens with zero attached hydrogens (tertiary/aromatic N) is 2. The zero-order chi connectivity index (χ0) is 11.7. The molecule has 0 radical (unpaired) electrons. The maximum absolute atomic E-state index is 11.4. The van der Waals surface area contributed by atoms with Crippen LogP contribution >= 0.6 is 11.6 Å². The Morgan fingerprint density at radius 2 is 2.38 bits per heavy atom. The molecule has 0 fully saturated rings. The molecule has 0 aliphatic heterocycles. The van der Waals surface area contributed by atoms with Crippen LogP contribution in [-0.2, 0) is 9.53 Å². The number of halogens is 1. The number of fused-ring (bicyclic) bond motifs is 1. The van der Waals surface area contributed by atoms with Gasteiger partial charge in [0.05, 0.1) is 30.6 Å². The van der Waals surface area contributed by atoms with Crippen molar-refractivity contribution in [1.29, 1.82) is 0 Å². The van der Waals surface area contributed by atoms with Crippen molar-refractivity contribution >= 4 is 23.1 Å². The number of esters is 1. The highest BCUT2D eigenvalue weighted by molar-refractivity contribution is 6.30. The number of hydrogen-bond acceptors (Lipinski definition) is 3. The van der Waals surface area contributed by atoms with Crippen LogP contribution in [-0.4, -0.2) is 22.5 Å². The SMILES string of the molecule is COC(=O)C(C)c1ncn2ccc(Cl)cc12. The number of carbonyl (C=O) groups excluding carboxylic acids is 1. The Hall–Kier alpha value is -1.55. The normalized spacial score (nSPS) is 12.7. The van der Waals surface area contributed by atoms with Crippen LogP contribution in [0.3, 0.4) is 0 Å². The molecule has 2 aromatic rings. The topological polar surface area (TPSA) is 43.6 Å². The van der Waals surface area contributed by atoms with Gasteiger partial charge in [0.2, 0.25) is 0 Å². The molecule has 0 amide bonds. The van der Waals surface area contributed by atoms with E-state index in [1.807, 2.05) is 4.40 Å². The van der Waals surface area contributed by atoms with Crippen LogP contribution in [0.4, 0.5) is 0 Å². The Bertz CT molecular complexity index is 536. The highest BCUT2D eigenvalue weighted by Crippen LogP contribution is 2.22. The number of rotatable bonds is 2. The minimum atomic E-state index is -0.395. The minimum Gasteiger partial charge on any atom is -0.469 e. The number of hydrogen-bond donors (Lipinski definition) is 0. The molecule has 0 saturated carbocycles. The van der Waals surface area contributed by atoms with Gasteiger partial charge in [0.1, 0.15) is 0 Å². The first-order chi connectivity index (χ1) is 7.63. The van der Waals surface area contributed by atoms with E-state index in [0.717, 1.165) is 5.52 Å². The van der Waals surface area contributed by atoms with E-state index in [9.17, 15) is 4.79 Å². The zero-order valence-corrected chi connectivity index (χ0v) is 9.73. The van der Waals surface area contributed by atoms with Gasteiger partial charge in [-0.25, -0.2) is 4.98 Å². The summed E-state index contributed by atoms with van der Waals surface area (Å²) < 4.78 is 6.51. The Kier molecular flexibility index (Phi) is 2.83. The van der Waals surface area contributed by atoms with Gasteiger partial charge < -0.3 is 9.14 Å². The van der Waals surface area contributed by atoms with E-state index in [0.29, 0.717) is 10.7 Å². The molecule has 0 bridgehead atoms. The summed E-state index contributed by atoms with van der Waals surface area (Å²) in [7, 11) is 1.37. The Balaban J connectivity index is 2.52. The third kappa shape index (κ3) is 1.76. The fourth-order valence-electron chi connectivity index (χ4n) is 1.60. The highest BCUT2D eigenvalue weighted by Gasteiger charge is 2.20. The lowest BCUT2D eigenvalue weighted by Gasteiger charge is -2.06. The van der Waals surface area contributed by atoms with Crippen LogP contribution in [0.15, 0.2) is 24.7 Å². The highest BCUT2D eigenvalue weighted by atomic mass is 35.5. The molecule has 2 aromatic heterocycles. The van der Waals surface area contributed by atoms with Gasteiger partial charge >= 0.3 is 5.97 Å². The third-order valence-electron chi connectivity index (χ3n) is 2.50. The number of ether oxygens (including phenoxy) is 1. The molecule has 0 aromatic carbocycles. The number of imidazole rings is 1. The van der Waals surface area contributed by atoms with Crippen molar-refractivity contribution in [3.05, 3.63) is 35.4 Å². The van der Waals surface area contributed by atoms with Crippen molar-refractivity contribution in [3.8, 4) is 0 Å². The van der Waals surface area contributed by atoms with Crippen LogP contribution in [0, 0.1) is 0 Å². The monoisotopic (exact) mass is 238 g/mol. The Morgan fingerprint density at radius 3 is 3.06 bits per heavy atom. The Labute approximate surface area is 97.8 Å². The fraction of sp³-hybridized carbons (Fsp3) is 0.273. The number of carbonyl (C=O) groups is 1. The van der Waals surface area contributed by atoms with Crippen molar-refractivity contribution in [2.24, 2.45) is 0 Å². The summed E-state index contributed by atoms with van der Waals surface area (Å²) in [5, 5.41) is 0.617. The quantitative estimate of drug-likeness (QED) is 0.754. The second-order valence-corrected chi connectivity index (χ2v) is 3.95. The van der Waals surface area contributed by atoms with Crippen molar-refractivity contribution in [2.45, 2.75) is 12.8 Å². The molecule has 0 saturated heterocycles. The first kappa shape index (κ1) is 11.0. The molecule has 0 aliphatic rings. The smallest absolute Gasteiger partial charge is 0.314 e. The summed E-state index contributed by atoms with van der Waals surface area (Å²) in [6, 6.07) is 3.55. The number of aromatic nitrogens is 2. The maximum atomic E-state index is 11.4. The molecule has 0 aliphatic carbocycles. The van der Waals surface area contributed by atoms with Crippen molar-refractivity contribution in [2.75, 3.05) is 7.11 Å². The van der Waals surface area contributed by atoms with Crippen LogP contribution in [0.25, 0.3) is 5.52 Å². The van der Waals surface area contributed by atoms with Crippen LogP contribution in [0.2, 0.25) is 5.02 Å². The number of pyridine rings is 1. The Morgan fingerprint density at radius 1 is 1.62 bits per heavy atom. The van der Waals surface area contributed by atoms with Gasteiger partial charge in [-0.3, -0.25) is 4.79 Å². The van der Waals surface area contributed by atoms with Gasteiger partial charge in [-0.1, -0.05) is 11.6 Å². The summed E-state index contributed by atoms with van der Waals surface area (Å²) in [6.45, 7) is 1.76. The van der Waals surface area contributed by atoms with Crippen molar-refractivity contribution in [3.63, 3.8) is 0 Å². The average molecular weight is 239 g/mol. The first-order valence-electron chi connectivity index (χ1n) is 4.83. The lowest BCUT2D eigenvalue weighted by molar-refractivity contribution is -0.142. The van der Waals surface area contributed by atoms with E-state index in [4.69, 9.17) is 16.3 Å². The molecule has 2 rings (SSSR count). The second-order valence-electron chi connectivity index (χ2n) is 3.51. The molecule has 0 spiro atoms. The fourth-order valence-corrected chi connectivity index (χ4v) is 1.76. The van der Waals surface area contributed by atoms with E-state index < -0.39 is 5.92 Å². The van der Waals surface area contributed by atoms with E-state index in [2.05, 4.69) is 4.98 Å². The van der Waals surface area contributed by atoms with Gasteiger partial charge in [0.15, 0.2) is 0 Å². The predicted molar refractivity (Wildman–Crippen MR) is 60.6 cm³/mol. The van der Waals surface area contributed by atoms with Crippen LogP contribution < -0.4 is 0 Å². The van der Waals surface area contributed by atoms with Crippen LogP contribution in [0.5, 0.6) is 0 Å². The van der Waals surface area contributed by atoms with E-state index in [-0.39, 0.29) is 5.97 Å². The molecule has 1 unspecified atom stereocenters. The number of methoxy groups -OCH3 is 1. The maximum Gasteiger partial charge on any atom is 0.314 e. The summed E-state index contributed by atoms with van der Waals surface area (Å²) in [4.78, 5) is 15.6. The minimum absolute atomic E-state index is 0.305. The van der Waals surface area contributed by atoms with Crippen LogP contribution in [0.1, 0.15) is 18.5 Å². The van der Waals surface area contributed by atoms with Gasteiger partial charge in [-0.2, -0.15) is 0 Å². The van der Waals surface area contributed by atoms with E-state index in [1.165, 1.54) is 7.11 Å². The standard InChI is InChI=1S/C11H11ClN2O2/c1-7(11(15)16-2)10-9-5-8(12)3-4-14(9)6-13-10/h3-7H,1-2H3. The summed E-state index contributed by atoms with van der Waals surface area (Å²) in [5.74, 6) is -0.700. The summed E-state index contributed by atoms with van der Waals surface area (Å²) in [6.07, 6.45) is 3.46. The molecule has 16 heavy (non-hydrogen) atoms. The molecular formula is C11H11ClN2O2. The van der Waals surface area contributed by atoms with Crippen molar-refractivity contribution in [1.82, 2.24) is 9.38 Å². The largest absolute Gasteiger partial charge is 0.469 e. The average Bonchev–Trinajstić information content (AvgIpc) is 2.69. The van der Waals surface area contributed by atoms with E-state index in [1.54, 1.807) is 31.6 Å². The predicted octanol–water partition coefficient (Wildman–Crippen LogP) is 2.26. The van der Waals surface area contributed by atoms with Gasteiger partial charge in [0, 0.05) is 11.2 Å². The van der Waals surface area contributed by atoms with E-state index >= 15 is 0 Å². The summed E-state index contributed by atoms with van der Waals surface area (Å²) in [5.41, 5.74) is 1.50. The molecule has 0 N–H and O–H groups in total. The molecule has 4 nitrogen and oxygen atoms in total. The molecule has 5 heteroatoms. The van der Waals surface area contributed by atoms with Gasteiger partial charge in [-0.05, 0) is 19.1 Å². The molecule has 2 heterocycles.